The Bertz CT molecular complexity index is 709. The van der Waals surface area contributed by atoms with E-state index in [2.05, 4.69) is 26.9 Å². The molecular weight excluding hydrogens is 363 g/mol. The summed E-state index contributed by atoms with van der Waals surface area (Å²) < 4.78 is 18.7. The smallest absolute Gasteiger partial charge is 0.219 e. The summed E-state index contributed by atoms with van der Waals surface area (Å²) in [6.07, 6.45) is 6.13. The Labute approximate surface area is 164 Å². The number of rotatable bonds is 10. The van der Waals surface area contributed by atoms with Gasteiger partial charge in [-0.3, -0.25) is 0 Å². The highest BCUT2D eigenvalue weighted by atomic mass is 32.2. The molecule has 0 saturated heterocycles. The highest BCUT2D eigenvalue weighted by Crippen LogP contribution is 2.20. The van der Waals surface area contributed by atoms with Crippen LogP contribution in [0.15, 0.2) is 47.6 Å². The molecule has 0 aliphatic rings. The Morgan fingerprint density at radius 1 is 1.19 bits per heavy atom. The molecule has 146 valence electrons. The van der Waals surface area contributed by atoms with Crippen LogP contribution < -0.4 is 15.4 Å². The van der Waals surface area contributed by atoms with E-state index >= 15 is 0 Å². The molecule has 0 atom stereocenters. The van der Waals surface area contributed by atoms with Gasteiger partial charge >= 0.3 is 0 Å². The van der Waals surface area contributed by atoms with Gasteiger partial charge in [-0.2, -0.15) is 11.8 Å². The number of nitrogens with zero attached hydrogens (tertiary/aromatic N) is 2. The zero-order valence-corrected chi connectivity index (χ0v) is 16.7. The molecule has 1 aromatic heterocycles. The predicted octanol–water partition coefficient (Wildman–Crippen LogP) is 4.21. The van der Waals surface area contributed by atoms with E-state index in [1.54, 1.807) is 18.3 Å². The van der Waals surface area contributed by atoms with Gasteiger partial charge in [-0.05, 0) is 67.7 Å². The first kappa shape index (κ1) is 21.0. The second-order valence-corrected chi connectivity index (χ2v) is 6.87. The average molecular weight is 391 g/mol. The van der Waals surface area contributed by atoms with Gasteiger partial charge in [0.2, 0.25) is 5.88 Å². The molecule has 0 unspecified atom stereocenters. The van der Waals surface area contributed by atoms with E-state index in [4.69, 9.17) is 4.74 Å². The molecule has 2 rings (SSSR count). The highest BCUT2D eigenvalue weighted by Gasteiger charge is 2.02. The van der Waals surface area contributed by atoms with E-state index in [1.807, 2.05) is 30.8 Å². The fourth-order valence-electron chi connectivity index (χ4n) is 2.32. The Hall–Kier alpha value is -2.28. The number of ether oxygens (including phenoxy) is 1. The third-order valence-corrected chi connectivity index (χ3v) is 4.36. The van der Waals surface area contributed by atoms with Crippen LogP contribution in [-0.2, 0) is 6.54 Å². The molecule has 1 heterocycles. The van der Waals surface area contributed by atoms with Crippen molar-refractivity contribution in [1.29, 1.82) is 0 Å². The lowest BCUT2D eigenvalue weighted by atomic mass is 10.2. The van der Waals surface area contributed by atoms with Gasteiger partial charge < -0.3 is 15.4 Å². The maximum atomic E-state index is 13.0. The molecule has 2 aromatic rings. The van der Waals surface area contributed by atoms with E-state index in [-0.39, 0.29) is 5.82 Å². The predicted molar refractivity (Wildman–Crippen MR) is 111 cm³/mol. The molecule has 7 heteroatoms. The van der Waals surface area contributed by atoms with E-state index < -0.39 is 0 Å². The second-order valence-electron chi connectivity index (χ2n) is 5.88. The summed E-state index contributed by atoms with van der Waals surface area (Å²) in [5, 5.41) is 6.61. The van der Waals surface area contributed by atoms with E-state index in [9.17, 15) is 4.39 Å². The molecule has 0 spiro atoms. The summed E-state index contributed by atoms with van der Waals surface area (Å²) in [5.74, 6) is 2.70. The number of pyridine rings is 1. The van der Waals surface area contributed by atoms with Crippen molar-refractivity contribution in [1.82, 2.24) is 15.6 Å². The number of aromatic nitrogens is 1. The standard InChI is InChI=1S/C20H27FN4OS/c1-3-22-20(24-11-4-5-13-27-2)25-15-16-10-12-23-19(14-16)26-18-8-6-17(21)7-9-18/h6-10,12,14H,3-5,11,13,15H2,1-2H3,(H2,22,24,25). The van der Waals surface area contributed by atoms with Gasteiger partial charge in [-0.15, -0.1) is 0 Å². The number of halogens is 1. The first-order valence-electron chi connectivity index (χ1n) is 9.10. The lowest BCUT2D eigenvalue weighted by Gasteiger charge is -2.11. The van der Waals surface area contributed by atoms with Crippen LogP contribution in [-0.4, -0.2) is 36.0 Å². The third-order valence-electron chi connectivity index (χ3n) is 3.67. The molecule has 27 heavy (non-hydrogen) atoms. The number of guanidine groups is 1. The summed E-state index contributed by atoms with van der Waals surface area (Å²) in [5.41, 5.74) is 0.988. The summed E-state index contributed by atoms with van der Waals surface area (Å²) >= 11 is 1.87. The van der Waals surface area contributed by atoms with Crippen molar-refractivity contribution in [2.45, 2.75) is 26.3 Å². The SMILES string of the molecule is CCNC(=NCc1ccnc(Oc2ccc(F)cc2)c1)NCCCCSC. The van der Waals surface area contributed by atoms with E-state index in [0.717, 1.165) is 31.0 Å². The lowest BCUT2D eigenvalue weighted by molar-refractivity contribution is 0.460. The molecule has 0 amide bonds. The Balaban J connectivity index is 1.91. The van der Waals surface area contributed by atoms with E-state index in [0.29, 0.717) is 18.2 Å². The molecular formula is C20H27FN4OS. The van der Waals surface area contributed by atoms with Crippen molar-refractivity contribution < 1.29 is 9.13 Å². The molecule has 5 nitrogen and oxygen atoms in total. The summed E-state index contributed by atoms with van der Waals surface area (Å²) in [6, 6.07) is 9.62. The van der Waals surface area contributed by atoms with Crippen LogP contribution in [0.4, 0.5) is 4.39 Å². The van der Waals surface area contributed by atoms with Crippen LogP contribution in [0.25, 0.3) is 0 Å². The summed E-state index contributed by atoms with van der Waals surface area (Å²) in [4.78, 5) is 8.82. The minimum Gasteiger partial charge on any atom is -0.439 e. The van der Waals surface area contributed by atoms with Crippen molar-refractivity contribution in [3.8, 4) is 11.6 Å². The molecule has 0 bridgehead atoms. The number of unbranched alkanes of at least 4 members (excludes halogenated alkanes) is 1. The molecule has 2 N–H and O–H groups in total. The van der Waals surface area contributed by atoms with Gasteiger partial charge in [0.25, 0.3) is 0 Å². The fourth-order valence-corrected chi connectivity index (χ4v) is 2.81. The zero-order chi connectivity index (χ0) is 19.3. The minimum absolute atomic E-state index is 0.296. The van der Waals surface area contributed by atoms with Crippen LogP contribution in [0, 0.1) is 5.82 Å². The van der Waals surface area contributed by atoms with Crippen molar-refractivity contribution in [3.63, 3.8) is 0 Å². The number of benzene rings is 1. The molecule has 0 radical (unpaired) electrons. The number of aliphatic imine (C=N–C) groups is 1. The maximum absolute atomic E-state index is 13.0. The minimum atomic E-state index is -0.296. The Morgan fingerprint density at radius 2 is 2.00 bits per heavy atom. The van der Waals surface area contributed by atoms with Gasteiger partial charge in [0.05, 0.1) is 6.54 Å². The molecule has 0 aliphatic carbocycles. The first-order chi connectivity index (χ1) is 13.2. The fraction of sp³-hybridized carbons (Fsp3) is 0.400. The number of thioether (sulfide) groups is 1. The Kier molecular flexibility index (Phi) is 9.48. The van der Waals surface area contributed by atoms with Gasteiger partial charge in [0, 0.05) is 25.4 Å². The average Bonchev–Trinajstić information content (AvgIpc) is 2.68. The van der Waals surface area contributed by atoms with Gasteiger partial charge in [-0.25, -0.2) is 14.4 Å². The van der Waals surface area contributed by atoms with Gasteiger partial charge in [0.1, 0.15) is 11.6 Å². The maximum Gasteiger partial charge on any atom is 0.219 e. The largest absolute Gasteiger partial charge is 0.439 e. The summed E-state index contributed by atoms with van der Waals surface area (Å²) in [6.45, 7) is 4.28. The van der Waals surface area contributed by atoms with Crippen LogP contribution >= 0.6 is 11.8 Å². The molecule has 0 fully saturated rings. The van der Waals surface area contributed by atoms with Gasteiger partial charge in [0.15, 0.2) is 5.96 Å². The lowest BCUT2D eigenvalue weighted by Crippen LogP contribution is -2.37. The second kappa shape index (κ2) is 12.2. The van der Waals surface area contributed by atoms with Crippen LogP contribution in [0.2, 0.25) is 0 Å². The van der Waals surface area contributed by atoms with Crippen molar-refractivity contribution >= 4 is 17.7 Å². The van der Waals surface area contributed by atoms with Crippen LogP contribution in [0.1, 0.15) is 25.3 Å². The van der Waals surface area contributed by atoms with Crippen molar-refractivity contribution in [2.75, 3.05) is 25.1 Å². The Morgan fingerprint density at radius 3 is 2.74 bits per heavy atom. The molecule has 0 saturated carbocycles. The zero-order valence-electron chi connectivity index (χ0n) is 15.9. The van der Waals surface area contributed by atoms with Crippen LogP contribution in [0.5, 0.6) is 11.6 Å². The quantitative estimate of drug-likeness (QED) is 0.362. The first-order valence-corrected chi connectivity index (χ1v) is 10.5. The topological polar surface area (TPSA) is 58.5 Å². The van der Waals surface area contributed by atoms with Gasteiger partial charge in [-0.1, -0.05) is 0 Å². The monoisotopic (exact) mass is 390 g/mol. The number of hydrogen-bond donors (Lipinski definition) is 2. The number of hydrogen-bond acceptors (Lipinski definition) is 4. The molecule has 0 aliphatic heterocycles. The number of nitrogens with one attached hydrogen (secondary N) is 2. The molecule has 1 aromatic carbocycles. The van der Waals surface area contributed by atoms with Crippen molar-refractivity contribution in [2.24, 2.45) is 4.99 Å². The highest BCUT2D eigenvalue weighted by molar-refractivity contribution is 7.98. The van der Waals surface area contributed by atoms with Crippen LogP contribution in [0.3, 0.4) is 0 Å². The van der Waals surface area contributed by atoms with E-state index in [1.165, 1.54) is 24.3 Å². The van der Waals surface area contributed by atoms with Crippen molar-refractivity contribution in [3.05, 3.63) is 54.0 Å². The third kappa shape index (κ3) is 8.30. The summed E-state index contributed by atoms with van der Waals surface area (Å²) in [7, 11) is 0. The normalized spacial score (nSPS) is 11.3.